The number of hydrogen-bond donors (Lipinski definition) is 3. The van der Waals surface area contributed by atoms with Crippen molar-refractivity contribution in [2.24, 2.45) is 0 Å². The van der Waals surface area contributed by atoms with Crippen LogP contribution in [0.5, 0.6) is 5.75 Å². The number of aryl methyl sites for hydroxylation is 1. The lowest BCUT2D eigenvalue weighted by molar-refractivity contribution is -0.159. The summed E-state index contributed by atoms with van der Waals surface area (Å²) in [5.41, 5.74) is 1.87. The largest absolute Gasteiger partial charge is 0.495 e. The van der Waals surface area contributed by atoms with Gasteiger partial charge in [0.05, 0.1) is 12.8 Å². The summed E-state index contributed by atoms with van der Waals surface area (Å²) in [4.78, 5) is 32.6. The number of ether oxygens (including phenoxy) is 1. The fourth-order valence-corrected chi connectivity index (χ4v) is 2.57. The summed E-state index contributed by atoms with van der Waals surface area (Å²) in [5, 5.41) is 17.7. The Kier molecular flexibility index (Phi) is 9.14. The Hall–Kier alpha value is -2.61. The number of nitrogens with zero attached hydrogens (tertiary/aromatic N) is 1. The highest BCUT2D eigenvalue weighted by Gasteiger charge is 2.13. The number of likely N-dealkylation sites (tertiary alicyclic amines) is 1. The normalized spacial score (nSPS) is 13.9. The molecule has 1 aromatic rings. The molecular weight excluding hydrogens is 340 g/mol. The number of carbonyl (C=O) groups is 3. The molecule has 8 nitrogen and oxygen atoms in total. The molecule has 1 fully saturated rings. The Balaban J connectivity index is 0.000000487. The molecule has 0 aromatic heterocycles. The Labute approximate surface area is 152 Å². The maximum Gasteiger partial charge on any atom is 0.414 e. The Morgan fingerprint density at radius 2 is 1.73 bits per heavy atom. The van der Waals surface area contributed by atoms with Crippen LogP contribution in [0.2, 0.25) is 0 Å². The number of carbonyl (C=O) groups excluding carboxylic acids is 1. The standard InChI is InChI=1S/C16H24N2O2.C2H2O4/c1-13-6-7-15(20-2)14(12-13)17-16(19)8-11-18-9-4-3-5-10-18;3-1(4)2(5)6/h6-7,12H,3-5,8-11H2,1-2H3,(H,17,19);(H,3,4)(H,5,6). The van der Waals surface area contributed by atoms with E-state index in [2.05, 4.69) is 10.2 Å². The van der Waals surface area contributed by atoms with Gasteiger partial charge in [0.2, 0.25) is 5.91 Å². The molecule has 0 radical (unpaired) electrons. The molecule has 0 aliphatic carbocycles. The molecule has 0 spiro atoms. The summed E-state index contributed by atoms with van der Waals surface area (Å²) in [6.45, 7) is 5.10. The SMILES string of the molecule is COc1ccc(C)cc1NC(=O)CCN1CCCCC1.O=C(O)C(=O)O. The number of methoxy groups -OCH3 is 1. The molecule has 2 rings (SSSR count). The van der Waals surface area contributed by atoms with Gasteiger partial charge in [0.15, 0.2) is 0 Å². The monoisotopic (exact) mass is 366 g/mol. The lowest BCUT2D eigenvalue weighted by atomic mass is 10.1. The lowest BCUT2D eigenvalue weighted by Gasteiger charge is -2.26. The van der Waals surface area contributed by atoms with Crippen LogP contribution in [-0.2, 0) is 14.4 Å². The van der Waals surface area contributed by atoms with E-state index in [4.69, 9.17) is 24.5 Å². The summed E-state index contributed by atoms with van der Waals surface area (Å²) < 4.78 is 5.27. The van der Waals surface area contributed by atoms with Crippen molar-refractivity contribution in [2.75, 3.05) is 32.1 Å². The molecule has 26 heavy (non-hydrogen) atoms. The fraction of sp³-hybridized carbons (Fsp3) is 0.500. The van der Waals surface area contributed by atoms with Crippen molar-refractivity contribution in [2.45, 2.75) is 32.6 Å². The van der Waals surface area contributed by atoms with Gasteiger partial charge in [-0.2, -0.15) is 0 Å². The second-order valence-electron chi connectivity index (χ2n) is 6.01. The van der Waals surface area contributed by atoms with Crippen LogP contribution < -0.4 is 10.1 Å². The Morgan fingerprint density at radius 1 is 1.12 bits per heavy atom. The van der Waals surface area contributed by atoms with E-state index in [1.54, 1.807) is 7.11 Å². The molecule has 1 heterocycles. The van der Waals surface area contributed by atoms with Gasteiger partial charge in [-0.05, 0) is 50.6 Å². The van der Waals surface area contributed by atoms with Crippen molar-refractivity contribution >= 4 is 23.5 Å². The Bertz CT molecular complexity index is 614. The molecule has 1 aromatic carbocycles. The molecule has 8 heteroatoms. The number of carboxylic acid groups (broad SMARTS) is 2. The highest BCUT2D eigenvalue weighted by molar-refractivity contribution is 6.27. The van der Waals surface area contributed by atoms with Gasteiger partial charge in [0, 0.05) is 13.0 Å². The number of hydrogen-bond acceptors (Lipinski definition) is 5. The van der Waals surface area contributed by atoms with Crippen LogP contribution in [0.15, 0.2) is 18.2 Å². The summed E-state index contributed by atoms with van der Waals surface area (Å²) >= 11 is 0. The van der Waals surface area contributed by atoms with Crippen molar-refractivity contribution < 1.29 is 29.3 Å². The molecule has 0 atom stereocenters. The third-order valence-electron chi connectivity index (χ3n) is 3.92. The Morgan fingerprint density at radius 3 is 2.27 bits per heavy atom. The van der Waals surface area contributed by atoms with E-state index in [0.717, 1.165) is 30.9 Å². The zero-order valence-electron chi connectivity index (χ0n) is 15.2. The first-order valence-electron chi connectivity index (χ1n) is 8.46. The predicted molar refractivity (Wildman–Crippen MR) is 96.5 cm³/mol. The average molecular weight is 366 g/mol. The molecule has 0 unspecified atom stereocenters. The third kappa shape index (κ3) is 7.98. The van der Waals surface area contributed by atoms with Gasteiger partial charge < -0.3 is 25.2 Å². The first-order valence-corrected chi connectivity index (χ1v) is 8.46. The summed E-state index contributed by atoms with van der Waals surface area (Å²) in [7, 11) is 1.62. The van der Waals surface area contributed by atoms with Crippen molar-refractivity contribution in [3.8, 4) is 5.75 Å². The molecule has 1 saturated heterocycles. The lowest BCUT2D eigenvalue weighted by Crippen LogP contribution is -2.32. The van der Waals surface area contributed by atoms with Crippen molar-refractivity contribution in [1.29, 1.82) is 0 Å². The highest BCUT2D eigenvalue weighted by atomic mass is 16.5. The zero-order valence-corrected chi connectivity index (χ0v) is 15.2. The van der Waals surface area contributed by atoms with E-state index in [-0.39, 0.29) is 5.91 Å². The van der Waals surface area contributed by atoms with Crippen molar-refractivity contribution in [1.82, 2.24) is 4.90 Å². The van der Waals surface area contributed by atoms with Crippen LogP contribution in [0.4, 0.5) is 5.69 Å². The summed E-state index contributed by atoms with van der Waals surface area (Å²) in [5.74, 6) is -2.88. The number of anilines is 1. The van der Waals surface area contributed by atoms with Crippen LogP contribution >= 0.6 is 0 Å². The number of piperidine rings is 1. The van der Waals surface area contributed by atoms with Crippen molar-refractivity contribution in [3.63, 3.8) is 0 Å². The molecular formula is C18H26N2O6. The summed E-state index contributed by atoms with van der Waals surface area (Å²) in [6.07, 6.45) is 4.38. The second-order valence-corrected chi connectivity index (χ2v) is 6.01. The first-order chi connectivity index (χ1) is 12.3. The number of amides is 1. The molecule has 3 N–H and O–H groups in total. The van der Waals surface area contributed by atoms with E-state index >= 15 is 0 Å². The number of benzene rings is 1. The maximum atomic E-state index is 12.0. The van der Waals surface area contributed by atoms with Crippen LogP contribution in [0, 0.1) is 6.92 Å². The van der Waals surface area contributed by atoms with Gasteiger partial charge >= 0.3 is 11.9 Å². The van der Waals surface area contributed by atoms with Gasteiger partial charge in [0.25, 0.3) is 0 Å². The first kappa shape index (κ1) is 21.4. The highest BCUT2D eigenvalue weighted by Crippen LogP contribution is 2.25. The molecule has 144 valence electrons. The van der Waals surface area contributed by atoms with E-state index in [9.17, 15) is 4.79 Å². The number of aliphatic carboxylic acids is 2. The molecule has 0 saturated carbocycles. The van der Waals surface area contributed by atoms with Gasteiger partial charge in [-0.15, -0.1) is 0 Å². The van der Waals surface area contributed by atoms with Crippen LogP contribution in [0.1, 0.15) is 31.2 Å². The zero-order chi connectivity index (χ0) is 19.5. The third-order valence-corrected chi connectivity index (χ3v) is 3.92. The minimum Gasteiger partial charge on any atom is -0.495 e. The fourth-order valence-electron chi connectivity index (χ4n) is 2.57. The van der Waals surface area contributed by atoms with E-state index in [0.29, 0.717) is 12.2 Å². The van der Waals surface area contributed by atoms with Gasteiger partial charge in [-0.3, -0.25) is 4.79 Å². The van der Waals surface area contributed by atoms with Crippen LogP contribution in [0.3, 0.4) is 0 Å². The molecule has 0 bridgehead atoms. The molecule has 1 aliphatic heterocycles. The predicted octanol–water partition coefficient (Wildman–Crippen LogP) is 1.97. The molecule has 1 amide bonds. The van der Waals surface area contributed by atoms with E-state index < -0.39 is 11.9 Å². The smallest absolute Gasteiger partial charge is 0.414 e. The number of nitrogens with one attached hydrogen (secondary N) is 1. The minimum atomic E-state index is -1.82. The number of rotatable bonds is 5. The minimum absolute atomic E-state index is 0.0551. The summed E-state index contributed by atoms with van der Waals surface area (Å²) in [6, 6.07) is 5.80. The topological polar surface area (TPSA) is 116 Å². The van der Waals surface area contributed by atoms with Crippen LogP contribution in [0.25, 0.3) is 0 Å². The van der Waals surface area contributed by atoms with Crippen molar-refractivity contribution in [3.05, 3.63) is 23.8 Å². The van der Waals surface area contributed by atoms with E-state index in [1.807, 2.05) is 25.1 Å². The van der Waals surface area contributed by atoms with Gasteiger partial charge in [0.1, 0.15) is 5.75 Å². The average Bonchev–Trinajstić information content (AvgIpc) is 2.61. The van der Waals surface area contributed by atoms with Crippen LogP contribution in [-0.4, -0.2) is 59.7 Å². The van der Waals surface area contributed by atoms with E-state index in [1.165, 1.54) is 19.3 Å². The maximum absolute atomic E-state index is 12.0. The van der Waals surface area contributed by atoms with Gasteiger partial charge in [-0.25, -0.2) is 9.59 Å². The quantitative estimate of drug-likeness (QED) is 0.682. The number of carboxylic acids is 2. The molecule has 1 aliphatic rings. The second kappa shape index (κ2) is 11.1. The van der Waals surface area contributed by atoms with Gasteiger partial charge in [-0.1, -0.05) is 12.5 Å².